The van der Waals surface area contributed by atoms with Crippen molar-refractivity contribution in [2.45, 2.75) is 32.2 Å². The lowest BCUT2D eigenvalue weighted by Gasteiger charge is -2.25. The Labute approximate surface area is 97.5 Å². The molecule has 16 heavy (non-hydrogen) atoms. The molecule has 1 aromatic heterocycles. The van der Waals surface area contributed by atoms with Gasteiger partial charge in [0, 0.05) is 18.4 Å². The van der Waals surface area contributed by atoms with Crippen LogP contribution in [0.1, 0.15) is 37.8 Å². The molecule has 2 aliphatic rings. The van der Waals surface area contributed by atoms with E-state index in [9.17, 15) is 0 Å². The van der Waals surface area contributed by atoms with Crippen LogP contribution >= 0.6 is 0 Å². The number of nitrogens with one attached hydrogen (secondary N) is 1. The maximum atomic E-state index is 4.25. The number of aromatic nitrogens is 1. The zero-order valence-corrected chi connectivity index (χ0v) is 9.89. The summed E-state index contributed by atoms with van der Waals surface area (Å²) in [6.45, 7) is 3.24. The van der Waals surface area contributed by atoms with Crippen molar-refractivity contribution in [1.29, 1.82) is 0 Å². The molecule has 0 spiro atoms. The molecule has 2 fully saturated rings. The fraction of sp³-hybridized carbons (Fsp3) is 0.643. The van der Waals surface area contributed by atoms with Crippen molar-refractivity contribution in [3.05, 3.63) is 30.1 Å². The maximum Gasteiger partial charge on any atom is 0.0364 e. The minimum Gasteiger partial charge on any atom is -0.310 e. The smallest absolute Gasteiger partial charge is 0.0364 e. The maximum absolute atomic E-state index is 4.25. The van der Waals surface area contributed by atoms with Gasteiger partial charge in [0.1, 0.15) is 0 Å². The zero-order chi connectivity index (χ0) is 11.0. The SMILES string of the molecule is CCNC(c1cccnc1)C1CC2CC2C1. The highest BCUT2D eigenvalue weighted by Gasteiger charge is 2.47. The Morgan fingerprint density at radius 1 is 1.38 bits per heavy atom. The van der Waals surface area contributed by atoms with E-state index in [1.807, 2.05) is 12.4 Å². The second-order valence-electron chi connectivity index (χ2n) is 5.31. The van der Waals surface area contributed by atoms with Crippen molar-refractivity contribution < 1.29 is 0 Å². The average Bonchev–Trinajstić information content (AvgIpc) is 2.94. The highest BCUT2D eigenvalue weighted by atomic mass is 14.9. The summed E-state index contributed by atoms with van der Waals surface area (Å²) in [5.41, 5.74) is 1.37. The number of hydrogen-bond donors (Lipinski definition) is 1. The van der Waals surface area contributed by atoms with Crippen molar-refractivity contribution in [2.75, 3.05) is 6.54 Å². The van der Waals surface area contributed by atoms with Crippen molar-refractivity contribution in [3.8, 4) is 0 Å². The van der Waals surface area contributed by atoms with E-state index in [0.29, 0.717) is 6.04 Å². The van der Waals surface area contributed by atoms with E-state index in [1.54, 1.807) is 0 Å². The highest BCUT2D eigenvalue weighted by Crippen LogP contribution is 2.57. The standard InChI is InChI=1S/C14H20N2/c1-2-16-14(10-4-3-5-15-9-10)13-7-11-6-12(11)8-13/h3-5,9,11-14,16H,2,6-8H2,1H3. The van der Waals surface area contributed by atoms with Crippen molar-refractivity contribution in [3.63, 3.8) is 0 Å². The van der Waals surface area contributed by atoms with Crippen LogP contribution in [0.2, 0.25) is 0 Å². The fourth-order valence-electron chi connectivity index (χ4n) is 3.37. The molecule has 0 radical (unpaired) electrons. The summed E-state index contributed by atoms with van der Waals surface area (Å²) in [6, 6.07) is 4.80. The monoisotopic (exact) mass is 216 g/mol. The molecular formula is C14H20N2. The van der Waals surface area contributed by atoms with Crippen LogP contribution in [-0.4, -0.2) is 11.5 Å². The van der Waals surface area contributed by atoms with Crippen LogP contribution in [0.25, 0.3) is 0 Å². The van der Waals surface area contributed by atoms with Gasteiger partial charge in [0.2, 0.25) is 0 Å². The molecule has 2 saturated carbocycles. The lowest BCUT2D eigenvalue weighted by Crippen LogP contribution is -2.27. The van der Waals surface area contributed by atoms with E-state index >= 15 is 0 Å². The molecule has 0 aliphatic heterocycles. The molecule has 1 N–H and O–H groups in total. The topological polar surface area (TPSA) is 24.9 Å². The molecule has 0 bridgehead atoms. The summed E-state index contributed by atoms with van der Waals surface area (Å²) in [6.07, 6.45) is 8.24. The zero-order valence-electron chi connectivity index (χ0n) is 9.89. The van der Waals surface area contributed by atoms with Crippen LogP contribution in [0.15, 0.2) is 24.5 Å². The van der Waals surface area contributed by atoms with Gasteiger partial charge in [-0.1, -0.05) is 13.0 Å². The summed E-state index contributed by atoms with van der Waals surface area (Å²) in [7, 11) is 0. The van der Waals surface area contributed by atoms with Gasteiger partial charge in [0.05, 0.1) is 0 Å². The highest BCUT2D eigenvalue weighted by molar-refractivity contribution is 5.17. The van der Waals surface area contributed by atoms with Gasteiger partial charge in [-0.25, -0.2) is 0 Å². The first-order valence-electron chi connectivity index (χ1n) is 6.51. The molecule has 0 amide bonds. The van der Waals surface area contributed by atoms with Gasteiger partial charge in [-0.3, -0.25) is 4.98 Å². The molecule has 3 unspecified atom stereocenters. The molecule has 86 valence electrons. The van der Waals surface area contributed by atoms with E-state index in [-0.39, 0.29) is 0 Å². The Balaban J connectivity index is 1.75. The number of nitrogens with zero attached hydrogens (tertiary/aromatic N) is 1. The molecule has 1 heterocycles. The largest absolute Gasteiger partial charge is 0.310 e. The third-order valence-electron chi connectivity index (χ3n) is 4.22. The minimum atomic E-state index is 0.534. The van der Waals surface area contributed by atoms with Gasteiger partial charge in [0.25, 0.3) is 0 Å². The number of pyridine rings is 1. The summed E-state index contributed by atoms with van der Waals surface area (Å²) in [5.74, 6) is 2.96. The summed E-state index contributed by atoms with van der Waals surface area (Å²) in [5, 5.41) is 3.64. The van der Waals surface area contributed by atoms with Gasteiger partial charge >= 0.3 is 0 Å². The molecule has 2 nitrogen and oxygen atoms in total. The third kappa shape index (κ3) is 1.86. The van der Waals surface area contributed by atoms with Crippen LogP contribution in [0, 0.1) is 17.8 Å². The molecular weight excluding hydrogens is 196 g/mol. The predicted molar refractivity (Wildman–Crippen MR) is 65.0 cm³/mol. The predicted octanol–water partition coefficient (Wildman–Crippen LogP) is 2.78. The van der Waals surface area contributed by atoms with E-state index in [4.69, 9.17) is 0 Å². The van der Waals surface area contributed by atoms with Crippen LogP contribution < -0.4 is 5.32 Å². The molecule has 2 heteroatoms. The Hall–Kier alpha value is -0.890. The second kappa shape index (κ2) is 4.17. The van der Waals surface area contributed by atoms with E-state index < -0.39 is 0 Å². The van der Waals surface area contributed by atoms with Crippen molar-refractivity contribution in [2.24, 2.45) is 17.8 Å². The normalized spacial score (nSPS) is 33.4. The Bertz CT molecular complexity index is 339. The van der Waals surface area contributed by atoms with Gasteiger partial charge in [-0.2, -0.15) is 0 Å². The molecule has 3 atom stereocenters. The number of hydrogen-bond acceptors (Lipinski definition) is 2. The molecule has 0 aromatic carbocycles. The molecule has 2 aliphatic carbocycles. The third-order valence-corrected chi connectivity index (χ3v) is 4.22. The number of rotatable bonds is 4. The van der Waals surface area contributed by atoms with E-state index in [0.717, 1.165) is 24.3 Å². The second-order valence-corrected chi connectivity index (χ2v) is 5.31. The van der Waals surface area contributed by atoms with Crippen LogP contribution in [0.4, 0.5) is 0 Å². The molecule has 1 aromatic rings. The van der Waals surface area contributed by atoms with Gasteiger partial charge < -0.3 is 5.32 Å². The Kier molecular flexibility index (Phi) is 2.68. The fourth-order valence-corrected chi connectivity index (χ4v) is 3.37. The minimum absolute atomic E-state index is 0.534. The average molecular weight is 216 g/mol. The summed E-state index contributed by atoms with van der Waals surface area (Å²) < 4.78 is 0. The Morgan fingerprint density at radius 2 is 2.19 bits per heavy atom. The van der Waals surface area contributed by atoms with Crippen LogP contribution in [0.5, 0.6) is 0 Å². The van der Waals surface area contributed by atoms with Gasteiger partial charge in [-0.05, 0) is 55.2 Å². The molecule has 0 saturated heterocycles. The summed E-state index contributed by atoms with van der Waals surface area (Å²) >= 11 is 0. The first-order chi connectivity index (χ1) is 7.88. The van der Waals surface area contributed by atoms with Crippen molar-refractivity contribution >= 4 is 0 Å². The summed E-state index contributed by atoms with van der Waals surface area (Å²) in [4.78, 5) is 4.25. The lowest BCUT2D eigenvalue weighted by atomic mass is 9.90. The van der Waals surface area contributed by atoms with Gasteiger partial charge in [-0.15, -0.1) is 0 Å². The van der Waals surface area contributed by atoms with Crippen LogP contribution in [-0.2, 0) is 0 Å². The van der Waals surface area contributed by atoms with E-state index in [1.165, 1.54) is 24.8 Å². The van der Waals surface area contributed by atoms with Crippen molar-refractivity contribution in [1.82, 2.24) is 10.3 Å². The first-order valence-corrected chi connectivity index (χ1v) is 6.51. The van der Waals surface area contributed by atoms with Gasteiger partial charge in [0.15, 0.2) is 0 Å². The van der Waals surface area contributed by atoms with Crippen LogP contribution in [0.3, 0.4) is 0 Å². The van der Waals surface area contributed by atoms with E-state index in [2.05, 4.69) is 29.4 Å². The quantitative estimate of drug-likeness (QED) is 0.837. The lowest BCUT2D eigenvalue weighted by molar-refractivity contribution is 0.346. The number of fused-ring (bicyclic) bond motifs is 1. The Morgan fingerprint density at radius 3 is 2.81 bits per heavy atom. The first kappa shape index (κ1) is 10.3. The molecule has 3 rings (SSSR count).